The Morgan fingerprint density at radius 1 is 1.00 bits per heavy atom. The van der Waals surface area contributed by atoms with E-state index in [-0.39, 0.29) is 13.1 Å². The van der Waals surface area contributed by atoms with Gasteiger partial charge in [0.1, 0.15) is 0 Å². The fourth-order valence-electron chi connectivity index (χ4n) is 0. The third kappa shape index (κ3) is 657. The van der Waals surface area contributed by atoms with E-state index in [4.69, 9.17) is 29.8 Å². The zero-order valence-electron chi connectivity index (χ0n) is 3.08. The minimum atomic E-state index is 0.194. The van der Waals surface area contributed by atoms with Gasteiger partial charge in [0.2, 0.25) is 0 Å². The third-order valence-electron chi connectivity index (χ3n) is 0. The van der Waals surface area contributed by atoms with E-state index in [1.165, 1.54) is 0 Å². The van der Waals surface area contributed by atoms with Gasteiger partial charge in [0.15, 0.2) is 0 Å². The Morgan fingerprint density at radius 3 is 1.00 bits per heavy atom. The first-order chi connectivity index (χ1) is 3.41. The van der Waals surface area contributed by atoms with Gasteiger partial charge < -0.3 is 9.59 Å². The fraction of sp³-hybridized carbons (Fsp3) is 0. The van der Waals surface area contributed by atoms with Gasteiger partial charge in [0.25, 0.3) is 0 Å². The average molecular weight is 185 g/mol. The molecule has 0 aromatic rings. The predicted molar refractivity (Wildman–Crippen MR) is 25.2 cm³/mol. The normalized spacial score (nSPS) is 4.29. The molecular formula is C2H2Cl2FeO2-2. The quantitative estimate of drug-likeness (QED) is 0.318. The van der Waals surface area contributed by atoms with Crippen LogP contribution in [0.5, 0.6) is 0 Å². The predicted octanol–water partition coefficient (Wildman–Crippen LogP) is 0.828. The average Bonchev–Trinajstić information content (AvgIpc) is 1.78. The monoisotopic (exact) mass is 184 g/mol. The Bertz CT molecular complexity index is 21.2. The SMILES string of the molecule is [CH-]=O.[CH-]=O.[Cl][Fe][Cl]. The van der Waals surface area contributed by atoms with E-state index >= 15 is 0 Å². The first kappa shape index (κ1) is 15.7. The molecule has 0 bridgehead atoms. The van der Waals surface area contributed by atoms with Gasteiger partial charge in [-0.2, -0.15) is 0 Å². The van der Waals surface area contributed by atoms with Crippen LogP contribution in [-0.2, 0) is 22.7 Å². The molecule has 0 saturated carbocycles. The van der Waals surface area contributed by atoms with Crippen molar-refractivity contribution in [3.05, 3.63) is 0 Å². The van der Waals surface area contributed by atoms with Gasteiger partial charge in [-0.1, -0.05) is 0 Å². The van der Waals surface area contributed by atoms with E-state index < -0.39 is 0 Å². The van der Waals surface area contributed by atoms with E-state index in [1.54, 1.807) is 0 Å². The van der Waals surface area contributed by atoms with Crippen molar-refractivity contribution < 1.29 is 22.7 Å². The van der Waals surface area contributed by atoms with Crippen LogP contribution in [0.4, 0.5) is 0 Å². The Morgan fingerprint density at radius 2 is 1.00 bits per heavy atom. The van der Waals surface area contributed by atoms with Crippen LogP contribution >= 0.6 is 20.2 Å². The van der Waals surface area contributed by atoms with Gasteiger partial charge in [-0.3, -0.25) is 13.6 Å². The second-order valence-corrected chi connectivity index (χ2v) is 1.87. The molecule has 0 aliphatic carbocycles. The summed E-state index contributed by atoms with van der Waals surface area (Å²) in [5.41, 5.74) is 0. The number of halogens is 2. The van der Waals surface area contributed by atoms with Crippen molar-refractivity contribution in [1.82, 2.24) is 0 Å². The molecule has 0 heterocycles. The maximum atomic E-state index is 7.75. The standard InChI is InChI=1S/2CHO.2ClH.Fe/c2*1-2;;;/h2*1H;2*1H;/q2*-1;;;+2/p-2. The molecule has 0 amide bonds. The molecule has 0 rings (SSSR count). The first-order valence-corrected chi connectivity index (χ1v) is 3.78. The van der Waals surface area contributed by atoms with Crippen molar-refractivity contribution in [3.63, 3.8) is 0 Å². The summed E-state index contributed by atoms with van der Waals surface area (Å²) in [6.07, 6.45) is 0. The molecule has 0 spiro atoms. The fourth-order valence-corrected chi connectivity index (χ4v) is 0. The van der Waals surface area contributed by atoms with Crippen LogP contribution in [0.3, 0.4) is 0 Å². The Hall–Kier alpha value is 0.439. The van der Waals surface area contributed by atoms with E-state index in [0.29, 0.717) is 0 Å². The van der Waals surface area contributed by atoms with Gasteiger partial charge in [0.05, 0.1) is 0 Å². The molecule has 0 atom stereocenters. The molecule has 0 aromatic carbocycles. The topological polar surface area (TPSA) is 34.1 Å². The van der Waals surface area contributed by atoms with Crippen LogP contribution in [0, 0.1) is 0 Å². The maximum absolute atomic E-state index is 7.75. The summed E-state index contributed by atoms with van der Waals surface area (Å²) in [7, 11) is 9.53. The number of rotatable bonds is 0. The van der Waals surface area contributed by atoms with Gasteiger partial charge >= 0.3 is 33.3 Å². The van der Waals surface area contributed by atoms with Gasteiger partial charge in [-0.25, -0.2) is 0 Å². The van der Waals surface area contributed by atoms with Crippen molar-refractivity contribution in [1.29, 1.82) is 0 Å². The molecular weight excluding hydrogens is 183 g/mol. The van der Waals surface area contributed by atoms with Gasteiger partial charge in [-0.05, 0) is 0 Å². The van der Waals surface area contributed by atoms with Crippen LogP contribution in [0.1, 0.15) is 0 Å². The summed E-state index contributed by atoms with van der Waals surface area (Å²) in [5.74, 6) is 0. The zero-order valence-corrected chi connectivity index (χ0v) is 5.70. The van der Waals surface area contributed by atoms with Crippen molar-refractivity contribution in [3.8, 4) is 0 Å². The van der Waals surface area contributed by atoms with E-state index in [2.05, 4.69) is 13.6 Å². The molecule has 0 fully saturated rings. The Kier molecular flexibility index (Phi) is 206. The Labute approximate surface area is 56.8 Å². The molecule has 0 saturated heterocycles. The summed E-state index contributed by atoms with van der Waals surface area (Å²) in [4.78, 5) is 15.5. The van der Waals surface area contributed by atoms with Gasteiger partial charge in [0, 0.05) is 0 Å². The molecule has 0 unspecified atom stereocenters. The molecule has 0 N–H and O–H groups in total. The summed E-state index contributed by atoms with van der Waals surface area (Å²) >= 11 is 0.194. The van der Waals surface area contributed by atoms with E-state index in [9.17, 15) is 0 Å². The van der Waals surface area contributed by atoms with Gasteiger partial charge in [-0.15, -0.1) is 0 Å². The van der Waals surface area contributed by atoms with Crippen molar-refractivity contribution in [2.75, 3.05) is 0 Å². The van der Waals surface area contributed by atoms with E-state index in [1.807, 2.05) is 0 Å². The molecule has 0 aromatic heterocycles. The first-order valence-electron chi connectivity index (χ1n) is 0.739. The summed E-state index contributed by atoms with van der Waals surface area (Å²) in [6, 6.07) is 0. The summed E-state index contributed by atoms with van der Waals surface area (Å²) in [5, 5.41) is 0. The van der Waals surface area contributed by atoms with Crippen LogP contribution in [0.2, 0.25) is 0 Å². The van der Waals surface area contributed by atoms with Crippen LogP contribution in [-0.4, -0.2) is 13.6 Å². The van der Waals surface area contributed by atoms with Crippen molar-refractivity contribution >= 4 is 33.8 Å². The van der Waals surface area contributed by atoms with Crippen LogP contribution in [0.15, 0.2) is 0 Å². The molecule has 7 heavy (non-hydrogen) atoms. The second-order valence-electron chi connectivity index (χ2n) is 0.0505. The Balaban J connectivity index is -0.0000000360. The third-order valence-corrected chi connectivity index (χ3v) is 0. The summed E-state index contributed by atoms with van der Waals surface area (Å²) < 4.78 is 0. The minimum absolute atomic E-state index is 0.194. The molecule has 0 radical (unpaired) electrons. The molecule has 2 nitrogen and oxygen atoms in total. The van der Waals surface area contributed by atoms with Crippen molar-refractivity contribution in [2.24, 2.45) is 0 Å². The van der Waals surface area contributed by atoms with Crippen LogP contribution in [0.25, 0.3) is 0 Å². The molecule has 0 aliphatic heterocycles. The molecule has 5 heteroatoms. The second kappa shape index (κ2) is 92.0. The molecule has 0 aliphatic rings. The number of hydrogen-bond acceptors (Lipinski definition) is 2. The summed E-state index contributed by atoms with van der Waals surface area (Å²) in [6.45, 7) is 6.50. The van der Waals surface area contributed by atoms with Crippen molar-refractivity contribution in [2.45, 2.75) is 0 Å². The number of carbonyl (C=O) groups excluding carboxylic acids is 2. The molecule has 46 valence electrons. The van der Waals surface area contributed by atoms with Crippen LogP contribution < -0.4 is 0 Å². The number of hydrogen-bond donors (Lipinski definition) is 0. The van der Waals surface area contributed by atoms with E-state index in [0.717, 1.165) is 0 Å². The zero-order chi connectivity index (χ0) is 6.71.